The molecule has 1 N–H and O–H groups in total. The van der Waals surface area contributed by atoms with E-state index in [1.165, 1.54) is 12.4 Å². The molecule has 0 saturated carbocycles. The first kappa shape index (κ1) is 18.9. The molecule has 0 spiro atoms. The van der Waals surface area contributed by atoms with Crippen LogP contribution >= 0.6 is 0 Å². The summed E-state index contributed by atoms with van der Waals surface area (Å²) >= 11 is 0. The van der Waals surface area contributed by atoms with Gasteiger partial charge in [-0.15, -0.1) is 0 Å². The highest BCUT2D eigenvalue weighted by Crippen LogP contribution is 2.33. The number of anilines is 1. The minimum Gasteiger partial charge on any atom is -0.348 e. The molecule has 1 atom stereocenters. The fraction of sp³-hybridized carbons (Fsp3) is 0.208. The standard InChI is InChI=1S/C24H23N3O2/c1-16-6-5-7-18(10-16)13-26-23(28)20-12-21(15-25-14-20)24(29)27-17(2)11-19-8-3-4-9-22(19)27/h3-10,12,14-15,17H,11,13H2,1-2H3,(H,26,28). The lowest BCUT2D eigenvalue weighted by Gasteiger charge is -2.22. The Balaban J connectivity index is 1.51. The lowest BCUT2D eigenvalue weighted by atomic mass is 10.1. The summed E-state index contributed by atoms with van der Waals surface area (Å²) in [4.78, 5) is 31.7. The number of amides is 2. The predicted molar refractivity (Wildman–Crippen MR) is 113 cm³/mol. The van der Waals surface area contributed by atoms with Crippen molar-refractivity contribution in [2.45, 2.75) is 32.9 Å². The van der Waals surface area contributed by atoms with Crippen molar-refractivity contribution >= 4 is 17.5 Å². The van der Waals surface area contributed by atoms with Gasteiger partial charge in [-0.1, -0.05) is 48.0 Å². The Bertz CT molecular complexity index is 1080. The van der Waals surface area contributed by atoms with E-state index in [4.69, 9.17) is 0 Å². The highest BCUT2D eigenvalue weighted by atomic mass is 16.2. The average Bonchev–Trinajstić information content (AvgIpc) is 3.07. The molecule has 0 aliphatic carbocycles. The molecule has 2 aromatic carbocycles. The normalized spacial score (nSPS) is 15.1. The zero-order valence-corrected chi connectivity index (χ0v) is 16.6. The molecule has 1 aliphatic rings. The molecule has 0 radical (unpaired) electrons. The second kappa shape index (κ2) is 7.87. The summed E-state index contributed by atoms with van der Waals surface area (Å²) in [6.07, 6.45) is 3.84. The topological polar surface area (TPSA) is 62.3 Å². The van der Waals surface area contributed by atoms with Crippen LogP contribution in [0.15, 0.2) is 67.0 Å². The summed E-state index contributed by atoms with van der Waals surface area (Å²) < 4.78 is 0. The lowest BCUT2D eigenvalue weighted by molar-refractivity contribution is 0.0950. The Morgan fingerprint density at radius 1 is 1.07 bits per heavy atom. The number of nitrogens with zero attached hydrogens (tertiary/aromatic N) is 2. The van der Waals surface area contributed by atoms with Gasteiger partial charge in [0, 0.05) is 30.7 Å². The van der Waals surface area contributed by atoms with Gasteiger partial charge in [-0.05, 0) is 43.5 Å². The Labute approximate surface area is 170 Å². The number of pyridine rings is 1. The van der Waals surface area contributed by atoms with Crippen LogP contribution in [0, 0.1) is 6.92 Å². The molecule has 5 nitrogen and oxygen atoms in total. The first-order valence-corrected chi connectivity index (χ1v) is 9.73. The maximum Gasteiger partial charge on any atom is 0.260 e. The van der Waals surface area contributed by atoms with Crippen LogP contribution in [0.2, 0.25) is 0 Å². The summed E-state index contributed by atoms with van der Waals surface area (Å²) in [5.41, 5.74) is 5.06. The van der Waals surface area contributed by atoms with E-state index in [1.54, 1.807) is 11.0 Å². The summed E-state index contributed by atoms with van der Waals surface area (Å²) in [6.45, 7) is 4.47. The van der Waals surface area contributed by atoms with Gasteiger partial charge in [0.05, 0.1) is 11.1 Å². The number of hydrogen-bond acceptors (Lipinski definition) is 3. The quantitative estimate of drug-likeness (QED) is 0.741. The second-order valence-corrected chi connectivity index (χ2v) is 7.49. The summed E-state index contributed by atoms with van der Waals surface area (Å²) in [5.74, 6) is -0.383. The molecule has 2 heterocycles. The number of rotatable bonds is 4. The van der Waals surface area contributed by atoms with Crippen LogP contribution < -0.4 is 10.2 Å². The van der Waals surface area contributed by atoms with Crippen molar-refractivity contribution in [3.05, 3.63) is 94.8 Å². The van der Waals surface area contributed by atoms with Gasteiger partial charge >= 0.3 is 0 Å². The van der Waals surface area contributed by atoms with Crippen LogP contribution in [0.3, 0.4) is 0 Å². The molecule has 4 rings (SSSR count). The Morgan fingerprint density at radius 2 is 1.86 bits per heavy atom. The third kappa shape index (κ3) is 3.90. The first-order chi connectivity index (χ1) is 14.0. The number of hydrogen-bond donors (Lipinski definition) is 1. The van der Waals surface area contributed by atoms with E-state index in [9.17, 15) is 9.59 Å². The zero-order valence-electron chi connectivity index (χ0n) is 16.6. The Morgan fingerprint density at radius 3 is 2.69 bits per heavy atom. The molecule has 0 bridgehead atoms. The van der Waals surface area contributed by atoms with E-state index in [0.717, 1.165) is 28.8 Å². The van der Waals surface area contributed by atoms with Crippen LogP contribution in [0.4, 0.5) is 5.69 Å². The highest BCUT2D eigenvalue weighted by molar-refractivity contribution is 6.08. The van der Waals surface area contributed by atoms with Gasteiger partial charge in [0.15, 0.2) is 0 Å². The predicted octanol–water partition coefficient (Wildman–Crippen LogP) is 3.91. The fourth-order valence-electron chi connectivity index (χ4n) is 3.80. The van der Waals surface area contributed by atoms with Crippen LogP contribution in [0.5, 0.6) is 0 Å². The SMILES string of the molecule is Cc1cccc(CNC(=O)c2cncc(C(=O)N3c4ccccc4CC3C)c2)c1. The van der Waals surface area contributed by atoms with Crippen molar-refractivity contribution in [3.63, 3.8) is 0 Å². The van der Waals surface area contributed by atoms with E-state index in [1.807, 2.05) is 62.4 Å². The average molecular weight is 385 g/mol. The second-order valence-electron chi connectivity index (χ2n) is 7.49. The van der Waals surface area contributed by atoms with Gasteiger partial charge < -0.3 is 10.2 Å². The molecule has 0 fully saturated rings. The molecule has 1 aromatic heterocycles. The van der Waals surface area contributed by atoms with E-state index in [0.29, 0.717) is 17.7 Å². The molecule has 0 saturated heterocycles. The molecular formula is C24H23N3O2. The third-order valence-electron chi connectivity index (χ3n) is 5.21. The molecule has 5 heteroatoms. The first-order valence-electron chi connectivity index (χ1n) is 9.73. The number of aryl methyl sites for hydroxylation is 1. The number of carbonyl (C=O) groups excluding carboxylic acids is 2. The molecule has 29 heavy (non-hydrogen) atoms. The maximum absolute atomic E-state index is 13.2. The van der Waals surface area contributed by atoms with Crippen LogP contribution in [0.25, 0.3) is 0 Å². The minimum atomic E-state index is -0.247. The number of aromatic nitrogens is 1. The van der Waals surface area contributed by atoms with Gasteiger partial charge in [-0.3, -0.25) is 14.6 Å². The van der Waals surface area contributed by atoms with Gasteiger partial charge in [-0.2, -0.15) is 0 Å². The van der Waals surface area contributed by atoms with Gasteiger partial charge in [0.25, 0.3) is 11.8 Å². The smallest absolute Gasteiger partial charge is 0.260 e. The number of para-hydroxylation sites is 1. The van der Waals surface area contributed by atoms with Crippen LogP contribution in [-0.4, -0.2) is 22.8 Å². The van der Waals surface area contributed by atoms with Crippen LogP contribution in [-0.2, 0) is 13.0 Å². The van der Waals surface area contributed by atoms with Crippen molar-refractivity contribution in [1.29, 1.82) is 0 Å². The maximum atomic E-state index is 13.2. The van der Waals surface area contributed by atoms with Gasteiger partial charge in [0.2, 0.25) is 0 Å². The highest BCUT2D eigenvalue weighted by Gasteiger charge is 2.31. The number of benzene rings is 2. The Hall–Kier alpha value is -3.47. The summed E-state index contributed by atoms with van der Waals surface area (Å²) in [6, 6.07) is 17.6. The van der Waals surface area contributed by atoms with Crippen molar-refractivity contribution in [3.8, 4) is 0 Å². The number of carbonyl (C=O) groups is 2. The van der Waals surface area contributed by atoms with Gasteiger partial charge in [-0.25, -0.2) is 0 Å². The molecule has 146 valence electrons. The molecule has 1 aliphatic heterocycles. The summed E-state index contributed by atoms with van der Waals surface area (Å²) in [7, 11) is 0. The monoisotopic (exact) mass is 385 g/mol. The zero-order chi connectivity index (χ0) is 20.4. The van der Waals surface area contributed by atoms with Gasteiger partial charge in [0.1, 0.15) is 0 Å². The van der Waals surface area contributed by atoms with Crippen molar-refractivity contribution < 1.29 is 9.59 Å². The van der Waals surface area contributed by atoms with Crippen LogP contribution in [0.1, 0.15) is 44.3 Å². The van der Waals surface area contributed by atoms with E-state index in [-0.39, 0.29) is 17.9 Å². The molecule has 3 aromatic rings. The lowest BCUT2D eigenvalue weighted by Crippen LogP contribution is -2.36. The van der Waals surface area contributed by atoms with Crippen molar-refractivity contribution in [2.75, 3.05) is 4.90 Å². The molecule has 2 amide bonds. The summed E-state index contributed by atoms with van der Waals surface area (Å²) in [5, 5.41) is 2.90. The van der Waals surface area contributed by atoms with Crippen molar-refractivity contribution in [1.82, 2.24) is 10.3 Å². The largest absolute Gasteiger partial charge is 0.348 e. The van der Waals surface area contributed by atoms with E-state index in [2.05, 4.69) is 10.3 Å². The molecular weight excluding hydrogens is 362 g/mol. The van der Waals surface area contributed by atoms with E-state index >= 15 is 0 Å². The third-order valence-corrected chi connectivity index (χ3v) is 5.21. The fourth-order valence-corrected chi connectivity index (χ4v) is 3.80. The Kier molecular flexibility index (Phi) is 5.12. The van der Waals surface area contributed by atoms with Crippen molar-refractivity contribution in [2.24, 2.45) is 0 Å². The minimum absolute atomic E-state index is 0.0682. The van der Waals surface area contributed by atoms with E-state index < -0.39 is 0 Å². The number of fused-ring (bicyclic) bond motifs is 1. The number of nitrogens with one attached hydrogen (secondary N) is 1. The molecule has 1 unspecified atom stereocenters.